The zero-order chi connectivity index (χ0) is 10.4. The third-order valence-electron chi connectivity index (χ3n) is 1.92. The van der Waals surface area contributed by atoms with Crippen molar-refractivity contribution in [3.05, 3.63) is 0 Å². The first-order valence-electron chi connectivity index (χ1n) is 4.52. The molecule has 0 N–H and O–H groups in total. The van der Waals surface area contributed by atoms with Crippen LogP contribution in [-0.4, -0.2) is 42.4 Å². The van der Waals surface area contributed by atoms with E-state index in [1.54, 1.807) is 18.9 Å². The van der Waals surface area contributed by atoms with E-state index in [1.165, 1.54) is 0 Å². The molecule has 0 aromatic carbocycles. The summed E-state index contributed by atoms with van der Waals surface area (Å²) in [7, 11) is 1.64. The van der Waals surface area contributed by atoms with Crippen LogP contribution in [0.15, 0.2) is 0 Å². The molecule has 0 aliphatic carbocycles. The standard InChI is InChI=1S/C9H19NO2S/c1-5-10(7(2)6-12-4)9(11)8(3)13/h7-8,13H,5-6H2,1-4H3. The number of nitrogens with zero attached hydrogens (tertiary/aromatic N) is 1. The summed E-state index contributed by atoms with van der Waals surface area (Å²) in [6.45, 7) is 6.99. The smallest absolute Gasteiger partial charge is 0.235 e. The molecular weight excluding hydrogens is 186 g/mol. The number of amides is 1. The van der Waals surface area contributed by atoms with Gasteiger partial charge in [-0.15, -0.1) is 0 Å². The Morgan fingerprint density at radius 1 is 1.54 bits per heavy atom. The molecule has 78 valence electrons. The summed E-state index contributed by atoms with van der Waals surface area (Å²) in [5.74, 6) is 0.0652. The molecule has 0 saturated carbocycles. The highest BCUT2D eigenvalue weighted by Crippen LogP contribution is 2.06. The molecule has 3 nitrogen and oxygen atoms in total. The number of thiol groups is 1. The topological polar surface area (TPSA) is 29.5 Å². The van der Waals surface area contributed by atoms with Gasteiger partial charge < -0.3 is 9.64 Å². The van der Waals surface area contributed by atoms with Crippen molar-refractivity contribution < 1.29 is 9.53 Å². The number of hydrogen-bond acceptors (Lipinski definition) is 3. The van der Waals surface area contributed by atoms with Gasteiger partial charge in [-0.2, -0.15) is 12.6 Å². The Hall–Kier alpha value is -0.220. The highest BCUT2D eigenvalue weighted by Gasteiger charge is 2.20. The summed E-state index contributed by atoms with van der Waals surface area (Å²) in [5.41, 5.74) is 0. The van der Waals surface area contributed by atoms with Crippen LogP contribution >= 0.6 is 12.6 Å². The van der Waals surface area contributed by atoms with Crippen LogP contribution in [-0.2, 0) is 9.53 Å². The highest BCUT2D eigenvalue weighted by atomic mass is 32.1. The van der Waals surface area contributed by atoms with Crippen molar-refractivity contribution in [3.63, 3.8) is 0 Å². The average molecular weight is 205 g/mol. The van der Waals surface area contributed by atoms with Crippen LogP contribution in [0.2, 0.25) is 0 Å². The molecule has 2 atom stereocenters. The minimum absolute atomic E-state index is 0.0652. The highest BCUT2D eigenvalue weighted by molar-refractivity contribution is 7.81. The van der Waals surface area contributed by atoms with Gasteiger partial charge >= 0.3 is 0 Å². The predicted molar refractivity (Wildman–Crippen MR) is 57.2 cm³/mol. The second kappa shape index (κ2) is 6.27. The second-order valence-electron chi connectivity index (χ2n) is 3.10. The molecule has 0 aromatic heterocycles. The van der Waals surface area contributed by atoms with Gasteiger partial charge in [-0.1, -0.05) is 0 Å². The van der Waals surface area contributed by atoms with E-state index in [0.717, 1.165) is 0 Å². The first-order valence-corrected chi connectivity index (χ1v) is 5.03. The minimum atomic E-state index is -0.237. The molecule has 0 heterocycles. The van der Waals surface area contributed by atoms with Crippen molar-refractivity contribution in [2.24, 2.45) is 0 Å². The molecule has 13 heavy (non-hydrogen) atoms. The molecule has 0 aliphatic rings. The van der Waals surface area contributed by atoms with E-state index in [4.69, 9.17) is 4.74 Å². The molecule has 1 amide bonds. The first kappa shape index (κ1) is 12.8. The van der Waals surface area contributed by atoms with Gasteiger partial charge in [-0.3, -0.25) is 4.79 Å². The summed E-state index contributed by atoms with van der Waals surface area (Å²) in [6.07, 6.45) is 0. The summed E-state index contributed by atoms with van der Waals surface area (Å²) in [6, 6.07) is 0.122. The second-order valence-corrected chi connectivity index (χ2v) is 3.88. The van der Waals surface area contributed by atoms with Gasteiger partial charge in [0.25, 0.3) is 0 Å². The van der Waals surface area contributed by atoms with Gasteiger partial charge in [0.15, 0.2) is 0 Å². The van der Waals surface area contributed by atoms with E-state index in [2.05, 4.69) is 12.6 Å². The van der Waals surface area contributed by atoms with Crippen LogP contribution in [0, 0.1) is 0 Å². The van der Waals surface area contributed by atoms with E-state index < -0.39 is 0 Å². The van der Waals surface area contributed by atoms with Crippen molar-refractivity contribution in [1.82, 2.24) is 4.90 Å². The quantitative estimate of drug-likeness (QED) is 0.683. The van der Waals surface area contributed by atoms with Crippen LogP contribution in [0.25, 0.3) is 0 Å². The van der Waals surface area contributed by atoms with Gasteiger partial charge in [0.2, 0.25) is 5.91 Å². The lowest BCUT2D eigenvalue weighted by molar-refractivity contribution is -0.133. The van der Waals surface area contributed by atoms with Gasteiger partial charge in [-0.25, -0.2) is 0 Å². The molecule has 0 aromatic rings. The number of carbonyl (C=O) groups excluding carboxylic acids is 1. The van der Waals surface area contributed by atoms with Crippen LogP contribution in [0.4, 0.5) is 0 Å². The van der Waals surface area contributed by atoms with E-state index in [1.807, 2.05) is 13.8 Å². The van der Waals surface area contributed by atoms with Crippen LogP contribution < -0.4 is 0 Å². The lowest BCUT2D eigenvalue weighted by atomic mass is 10.2. The fourth-order valence-corrected chi connectivity index (χ4v) is 1.40. The first-order chi connectivity index (χ1) is 6.04. The number of hydrogen-bond donors (Lipinski definition) is 1. The number of ether oxygens (including phenoxy) is 1. The average Bonchev–Trinajstić information content (AvgIpc) is 2.05. The van der Waals surface area contributed by atoms with E-state index in [-0.39, 0.29) is 17.2 Å². The van der Waals surface area contributed by atoms with E-state index in [0.29, 0.717) is 13.2 Å². The summed E-state index contributed by atoms with van der Waals surface area (Å²) < 4.78 is 5.00. The molecule has 0 spiro atoms. The molecular formula is C9H19NO2S. The van der Waals surface area contributed by atoms with Gasteiger partial charge in [0.1, 0.15) is 0 Å². The van der Waals surface area contributed by atoms with Crippen molar-refractivity contribution in [1.29, 1.82) is 0 Å². The molecule has 0 radical (unpaired) electrons. The zero-order valence-electron chi connectivity index (χ0n) is 8.78. The maximum atomic E-state index is 11.6. The van der Waals surface area contributed by atoms with Crippen molar-refractivity contribution in [2.45, 2.75) is 32.1 Å². The van der Waals surface area contributed by atoms with E-state index >= 15 is 0 Å². The number of carbonyl (C=O) groups is 1. The molecule has 4 heteroatoms. The number of rotatable bonds is 5. The summed E-state index contributed by atoms with van der Waals surface area (Å²) in [5, 5.41) is -0.237. The summed E-state index contributed by atoms with van der Waals surface area (Å²) in [4.78, 5) is 13.4. The fourth-order valence-electron chi connectivity index (χ4n) is 1.26. The number of likely N-dealkylation sites (N-methyl/N-ethyl adjacent to an activating group) is 1. The van der Waals surface area contributed by atoms with Crippen molar-refractivity contribution >= 4 is 18.5 Å². The molecule has 0 saturated heterocycles. The molecule has 0 rings (SSSR count). The fraction of sp³-hybridized carbons (Fsp3) is 0.889. The van der Waals surface area contributed by atoms with Crippen LogP contribution in [0.3, 0.4) is 0 Å². The van der Waals surface area contributed by atoms with Crippen LogP contribution in [0.1, 0.15) is 20.8 Å². The Morgan fingerprint density at radius 2 is 2.08 bits per heavy atom. The third kappa shape index (κ3) is 4.00. The van der Waals surface area contributed by atoms with Crippen molar-refractivity contribution in [3.8, 4) is 0 Å². The van der Waals surface area contributed by atoms with Gasteiger partial charge in [0, 0.05) is 13.7 Å². The third-order valence-corrected chi connectivity index (χ3v) is 2.14. The molecule has 0 bridgehead atoms. The Morgan fingerprint density at radius 3 is 2.38 bits per heavy atom. The largest absolute Gasteiger partial charge is 0.383 e. The Balaban J connectivity index is 4.23. The normalized spacial score (nSPS) is 15.2. The SMILES string of the molecule is CCN(C(=O)C(C)S)C(C)COC. The van der Waals surface area contributed by atoms with Crippen LogP contribution in [0.5, 0.6) is 0 Å². The minimum Gasteiger partial charge on any atom is -0.383 e. The monoisotopic (exact) mass is 205 g/mol. The maximum Gasteiger partial charge on any atom is 0.235 e. The molecule has 0 fully saturated rings. The van der Waals surface area contributed by atoms with Crippen molar-refractivity contribution in [2.75, 3.05) is 20.3 Å². The lowest BCUT2D eigenvalue weighted by Crippen LogP contribution is -2.43. The predicted octanol–water partition coefficient (Wildman–Crippen LogP) is 1.19. The Bertz CT molecular complexity index is 162. The van der Waals surface area contributed by atoms with Gasteiger partial charge in [0.05, 0.1) is 17.9 Å². The summed E-state index contributed by atoms with van der Waals surface area (Å²) >= 11 is 4.12. The zero-order valence-corrected chi connectivity index (χ0v) is 9.67. The molecule has 2 unspecified atom stereocenters. The van der Waals surface area contributed by atoms with Gasteiger partial charge in [-0.05, 0) is 20.8 Å². The Kier molecular flexibility index (Phi) is 6.16. The maximum absolute atomic E-state index is 11.6. The van der Waals surface area contributed by atoms with E-state index in [9.17, 15) is 4.79 Å². The lowest BCUT2D eigenvalue weighted by Gasteiger charge is -2.28. The Labute approximate surface area is 85.8 Å². The molecule has 0 aliphatic heterocycles. The number of methoxy groups -OCH3 is 1.